The van der Waals surface area contributed by atoms with E-state index in [4.69, 9.17) is 18.9 Å². The molecular weight excluding hydrogens is 766 g/mol. The molecule has 0 radical (unpaired) electrons. The van der Waals surface area contributed by atoms with Gasteiger partial charge in [0.1, 0.15) is 23.5 Å². The third-order valence-corrected chi connectivity index (χ3v) is 11.4. The SMILES string of the molecule is Br.CC(C)[C@@H]1CC[C@@H](C)CC1OC(=O)[C@@H]1CN(C)CC[C@H]1c1ccc(F)cc1.Cl.Fc1ccc([C@@H]2CCNC[C@H]2COc2ccc3c(c2)OCO3)cc1. The van der Waals surface area contributed by atoms with Crippen molar-refractivity contribution in [3.05, 3.63) is 89.5 Å². The maximum Gasteiger partial charge on any atom is 0.311 e. The molecular formula is C42H56BrClF2N2O5. The molecule has 1 N–H and O–H groups in total. The number of carbonyl (C=O) groups excluding carboxylic acids is 1. The number of hydrogen-bond acceptors (Lipinski definition) is 7. The third-order valence-electron chi connectivity index (χ3n) is 11.4. The first-order valence-electron chi connectivity index (χ1n) is 18.8. The Labute approximate surface area is 330 Å². The van der Waals surface area contributed by atoms with E-state index in [1.165, 1.54) is 36.2 Å². The molecule has 3 heterocycles. The lowest BCUT2D eigenvalue weighted by Gasteiger charge is -2.40. The van der Waals surface area contributed by atoms with Gasteiger partial charge in [0.2, 0.25) is 6.79 Å². The first-order valence-corrected chi connectivity index (χ1v) is 18.8. The number of nitrogens with zero attached hydrogens (tertiary/aromatic N) is 1. The molecule has 11 heteroatoms. The fraction of sp³-hybridized carbons (Fsp3) is 0.548. The molecule has 0 amide bonds. The molecule has 0 spiro atoms. The van der Waals surface area contributed by atoms with Gasteiger partial charge in [0.15, 0.2) is 11.5 Å². The van der Waals surface area contributed by atoms with Crippen LogP contribution in [0.2, 0.25) is 0 Å². The molecule has 3 aliphatic heterocycles. The zero-order chi connectivity index (χ0) is 35.9. The minimum absolute atomic E-state index is 0. The molecule has 0 aromatic heterocycles. The summed E-state index contributed by atoms with van der Waals surface area (Å²) in [5.41, 5.74) is 2.22. The standard InChI is InChI=1S/C23H34FNO2.C19H20FNO3.BrH.ClH/c1-15(2)19-10-5-16(3)13-22(19)27-23(26)21-14-25(4)12-11-20(21)17-6-8-18(24)9-7-17;20-15-3-1-13(2-4-15)17-7-8-21-10-14(17)11-22-16-5-6-18-19(9-16)24-12-23-18;;/h6-9,15-16,19-22H,5,10-14H2,1-4H3;1-6,9,14,17,21H,7-8,10-12H2;2*1H/t16-,19+,20+,21-,22?;14-,17-;;/m10../s1. The number of likely N-dealkylation sites (tertiary alicyclic amines) is 1. The summed E-state index contributed by atoms with van der Waals surface area (Å²) in [5.74, 6) is 4.00. The minimum Gasteiger partial charge on any atom is -0.493 e. The highest BCUT2D eigenvalue weighted by atomic mass is 79.9. The van der Waals surface area contributed by atoms with Gasteiger partial charge < -0.3 is 29.2 Å². The fourth-order valence-corrected chi connectivity index (χ4v) is 8.37. The summed E-state index contributed by atoms with van der Waals surface area (Å²) in [6.45, 7) is 11.1. The molecule has 4 aliphatic rings. The summed E-state index contributed by atoms with van der Waals surface area (Å²) in [6.07, 6.45) is 5.29. The van der Waals surface area contributed by atoms with E-state index in [2.05, 4.69) is 38.0 Å². The molecule has 1 unspecified atom stereocenters. The quantitative estimate of drug-likeness (QED) is 0.228. The van der Waals surface area contributed by atoms with Crippen molar-refractivity contribution in [2.45, 2.75) is 70.8 Å². The van der Waals surface area contributed by atoms with E-state index in [9.17, 15) is 13.6 Å². The van der Waals surface area contributed by atoms with E-state index < -0.39 is 0 Å². The molecule has 2 saturated heterocycles. The summed E-state index contributed by atoms with van der Waals surface area (Å²) >= 11 is 0. The Kier molecular flexibility index (Phi) is 16.3. The maximum atomic E-state index is 13.3. The molecule has 53 heavy (non-hydrogen) atoms. The van der Waals surface area contributed by atoms with E-state index in [0.29, 0.717) is 42.7 Å². The summed E-state index contributed by atoms with van der Waals surface area (Å²) in [5, 5.41) is 3.43. The van der Waals surface area contributed by atoms with Crippen molar-refractivity contribution in [3.8, 4) is 17.2 Å². The lowest BCUT2D eigenvalue weighted by Crippen LogP contribution is -2.44. The number of hydrogen-bond donors (Lipinski definition) is 1. The predicted molar refractivity (Wildman–Crippen MR) is 212 cm³/mol. The zero-order valence-corrected chi connectivity index (χ0v) is 33.8. The van der Waals surface area contributed by atoms with Crippen molar-refractivity contribution < 1.29 is 32.5 Å². The van der Waals surface area contributed by atoms with Gasteiger partial charge in [0, 0.05) is 25.1 Å². The number of esters is 1. The molecule has 3 aromatic carbocycles. The number of nitrogens with one attached hydrogen (secondary N) is 1. The summed E-state index contributed by atoms with van der Waals surface area (Å²) in [6, 6.07) is 19.1. The second-order valence-electron chi connectivity index (χ2n) is 15.4. The minimum atomic E-state index is -0.234. The number of piperidine rings is 2. The van der Waals surface area contributed by atoms with Crippen LogP contribution in [-0.4, -0.2) is 63.6 Å². The first-order chi connectivity index (χ1) is 24.6. The lowest BCUT2D eigenvalue weighted by atomic mass is 9.75. The molecule has 0 bridgehead atoms. The Hall–Kier alpha value is -2.92. The van der Waals surface area contributed by atoms with Crippen molar-refractivity contribution in [2.24, 2.45) is 29.6 Å². The number of fused-ring (bicyclic) bond motifs is 1. The number of carbonyl (C=O) groups is 1. The second kappa shape index (κ2) is 20.1. The smallest absolute Gasteiger partial charge is 0.311 e. The van der Waals surface area contributed by atoms with Crippen LogP contribution >= 0.6 is 29.4 Å². The van der Waals surface area contributed by atoms with Gasteiger partial charge in [-0.05, 0) is 123 Å². The number of halogens is 4. The highest BCUT2D eigenvalue weighted by Gasteiger charge is 2.39. The zero-order valence-electron chi connectivity index (χ0n) is 31.3. The molecule has 7 atom stereocenters. The maximum absolute atomic E-state index is 13.3. The van der Waals surface area contributed by atoms with E-state index >= 15 is 0 Å². The second-order valence-corrected chi connectivity index (χ2v) is 15.4. The van der Waals surface area contributed by atoms with Gasteiger partial charge in [0.25, 0.3) is 0 Å². The van der Waals surface area contributed by atoms with Gasteiger partial charge in [-0.25, -0.2) is 8.78 Å². The first kappa shape index (κ1) is 42.8. The number of benzene rings is 3. The highest BCUT2D eigenvalue weighted by Crippen LogP contribution is 2.39. The van der Waals surface area contributed by atoms with Crippen molar-refractivity contribution >= 4 is 35.4 Å². The van der Waals surface area contributed by atoms with Crippen molar-refractivity contribution in [2.75, 3.05) is 46.6 Å². The van der Waals surface area contributed by atoms with Gasteiger partial charge in [-0.2, -0.15) is 0 Å². The van der Waals surface area contributed by atoms with Gasteiger partial charge in [0.05, 0.1) is 12.5 Å². The molecule has 3 aromatic rings. The topological polar surface area (TPSA) is 69.3 Å². The summed E-state index contributed by atoms with van der Waals surface area (Å²) in [7, 11) is 2.06. The van der Waals surface area contributed by atoms with Crippen LogP contribution < -0.4 is 19.5 Å². The van der Waals surface area contributed by atoms with E-state index in [-0.39, 0.29) is 71.7 Å². The highest BCUT2D eigenvalue weighted by molar-refractivity contribution is 8.93. The van der Waals surface area contributed by atoms with Crippen LogP contribution in [0.4, 0.5) is 8.78 Å². The fourth-order valence-electron chi connectivity index (χ4n) is 8.37. The molecule has 7 nitrogen and oxygen atoms in total. The lowest BCUT2D eigenvalue weighted by molar-refractivity contribution is -0.163. The van der Waals surface area contributed by atoms with Crippen molar-refractivity contribution in [3.63, 3.8) is 0 Å². The van der Waals surface area contributed by atoms with Crippen LogP contribution in [0, 0.1) is 41.2 Å². The Balaban J connectivity index is 0.000000229. The Morgan fingerprint density at radius 2 is 1.57 bits per heavy atom. The molecule has 1 saturated carbocycles. The molecule has 3 fully saturated rings. The van der Waals surface area contributed by atoms with Crippen LogP contribution in [0.3, 0.4) is 0 Å². The van der Waals surface area contributed by atoms with Gasteiger partial charge in [-0.3, -0.25) is 4.79 Å². The number of rotatable bonds is 8. The average molecular weight is 822 g/mol. The predicted octanol–water partition coefficient (Wildman–Crippen LogP) is 9.19. The van der Waals surface area contributed by atoms with Crippen LogP contribution in [-0.2, 0) is 9.53 Å². The van der Waals surface area contributed by atoms with E-state index in [1.807, 2.05) is 42.5 Å². The average Bonchev–Trinajstić information content (AvgIpc) is 3.60. The Morgan fingerprint density at radius 3 is 2.25 bits per heavy atom. The van der Waals surface area contributed by atoms with E-state index in [0.717, 1.165) is 68.1 Å². The van der Waals surface area contributed by atoms with Crippen LogP contribution in [0.25, 0.3) is 0 Å². The van der Waals surface area contributed by atoms with Crippen LogP contribution in [0.1, 0.15) is 75.8 Å². The largest absolute Gasteiger partial charge is 0.493 e. The van der Waals surface area contributed by atoms with Crippen molar-refractivity contribution in [1.29, 1.82) is 0 Å². The van der Waals surface area contributed by atoms with Gasteiger partial charge in [-0.15, -0.1) is 29.4 Å². The number of ether oxygens (including phenoxy) is 4. The van der Waals surface area contributed by atoms with E-state index in [1.54, 1.807) is 0 Å². The Morgan fingerprint density at radius 1 is 0.906 bits per heavy atom. The van der Waals surface area contributed by atoms with Crippen LogP contribution in [0.15, 0.2) is 66.7 Å². The van der Waals surface area contributed by atoms with Crippen molar-refractivity contribution in [1.82, 2.24) is 10.2 Å². The van der Waals surface area contributed by atoms with Gasteiger partial charge >= 0.3 is 5.97 Å². The van der Waals surface area contributed by atoms with Gasteiger partial charge in [-0.1, -0.05) is 51.5 Å². The monoisotopic (exact) mass is 820 g/mol. The third kappa shape index (κ3) is 11.3. The Bertz CT molecular complexity index is 1580. The summed E-state index contributed by atoms with van der Waals surface area (Å²) in [4.78, 5) is 15.4. The summed E-state index contributed by atoms with van der Waals surface area (Å²) < 4.78 is 49.4. The molecule has 1 aliphatic carbocycles. The molecule has 7 rings (SSSR count). The normalized spacial score (nSPS) is 26.7. The van der Waals surface area contributed by atoms with Crippen LogP contribution in [0.5, 0.6) is 17.2 Å². The molecule has 292 valence electrons.